The number of halogens is 2. The van der Waals surface area contributed by atoms with E-state index in [9.17, 15) is 4.79 Å². The maximum Gasteiger partial charge on any atom is 0.328 e. The maximum atomic E-state index is 10.7. The van der Waals surface area contributed by atoms with Gasteiger partial charge >= 0.3 is 5.97 Å². The summed E-state index contributed by atoms with van der Waals surface area (Å²) < 4.78 is 1.67. The SMILES string of the molecule is O=C(O)C=Cc1nn(Cc2ccc(Cl)cc2Cl)c2cncnc12. The van der Waals surface area contributed by atoms with Gasteiger partial charge in [-0.25, -0.2) is 14.8 Å². The number of hydrogen-bond donors (Lipinski definition) is 1. The standard InChI is InChI=1S/C15H10Cl2N4O2/c16-10-2-1-9(11(17)5-10)7-21-13-6-18-8-19-15(13)12(20-21)3-4-14(22)23/h1-6,8H,7H2,(H,22,23). The summed E-state index contributed by atoms with van der Waals surface area (Å²) in [6.07, 6.45) is 5.43. The molecule has 0 spiro atoms. The fraction of sp³-hybridized carbons (Fsp3) is 0.0667. The highest BCUT2D eigenvalue weighted by atomic mass is 35.5. The maximum absolute atomic E-state index is 10.7. The molecule has 2 heterocycles. The van der Waals surface area contributed by atoms with Crippen LogP contribution < -0.4 is 0 Å². The zero-order valence-corrected chi connectivity index (χ0v) is 13.2. The van der Waals surface area contributed by atoms with Crippen molar-refractivity contribution in [2.24, 2.45) is 0 Å². The highest BCUT2D eigenvalue weighted by Crippen LogP contribution is 2.24. The summed E-state index contributed by atoms with van der Waals surface area (Å²) in [7, 11) is 0. The molecule has 1 N–H and O–H groups in total. The number of benzene rings is 1. The molecule has 0 fully saturated rings. The second-order valence-electron chi connectivity index (χ2n) is 4.71. The van der Waals surface area contributed by atoms with Crippen LogP contribution in [0.15, 0.2) is 36.8 Å². The van der Waals surface area contributed by atoms with Gasteiger partial charge in [-0.15, -0.1) is 0 Å². The molecule has 1 aromatic carbocycles. The fourth-order valence-electron chi connectivity index (χ4n) is 2.13. The van der Waals surface area contributed by atoms with E-state index in [1.165, 1.54) is 12.4 Å². The minimum atomic E-state index is -1.05. The number of nitrogens with zero attached hydrogens (tertiary/aromatic N) is 4. The first kappa shape index (κ1) is 15.5. The first-order chi connectivity index (χ1) is 11.0. The molecule has 0 aliphatic heterocycles. The van der Waals surface area contributed by atoms with Gasteiger partial charge in [0, 0.05) is 16.1 Å². The van der Waals surface area contributed by atoms with Crippen LogP contribution in [0.25, 0.3) is 17.1 Å². The van der Waals surface area contributed by atoms with Crippen LogP contribution in [-0.2, 0) is 11.3 Å². The minimum Gasteiger partial charge on any atom is -0.478 e. The van der Waals surface area contributed by atoms with Crippen LogP contribution in [0.1, 0.15) is 11.3 Å². The molecule has 0 atom stereocenters. The summed E-state index contributed by atoms with van der Waals surface area (Å²) in [6.45, 7) is 0.390. The lowest BCUT2D eigenvalue weighted by Crippen LogP contribution is -2.02. The summed E-state index contributed by atoms with van der Waals surface area (Å²) in [4.78, 5) is 18.9. The third kappa shape index (κ3) is 3.33. The van der Waals surface area contributed by atoms with Gasteiger partial charge in [-0.05, 0) is 23.8 Å². The first-order valence-corrected chi connectivity index (χ1v) is 7.31. The van der Waals surface area contributed by atoms with Gasteiger partial charge in [-0.2, -0.15) is 5.10 Å². The van der Waals surface area contributed by atoms with Crippen molar-refractivity contribution >= 4 is 46.3 Å². The molecule has 3 aromatic rings. The molecule has 0 unspecified atom stereocenters. The zero-order valence-electron chi connectivity index (χ0n) is 11.6. The van der Waals surface area contributed by atoms with Gasteiger partial charge in [0.15, 0.2) is 0 Å². The average Bonchev–Trinajstić information content (AvgIpc) is 2.86. The Morgan fingerprint density at radius 3 is 2.91 bits per heavy atom. The van der Waals surface area contributed by atoms with Crippen LogP contribution in [-0.4, -0.2) is 30.8 Å². The van der Waals surface area contributed by atoms with Gasteiger partial charge < -0.3 is 5.11 Å². The minimum absolute atomic E-state index is 0.390. The lowest BCUT2D eigenvalue weighted by atomic mass is 10.2. The number of aromatic nitrogens is 4. The van der Waals surface area contributed by atoms with Crippen molar-refractivity contribution in [1.82, 2.24) is 19.7 Å². The van der Waals surface area contributed by atoms with Gasteiger partial charge in [0.05, 0.1) is 12.7 Å². The summed E-state index contributed by atoms with van der Waals surface area (Å²) in [5.41, 5.74) is 2.54. The quantitative estimate of drug-likeness (QED) is 0.731. The van der Waals surface area contributed by atoms with Crippen molar-refractivity contribution in [2.75, 3.05) is 0 Å². The van der Waals surface area contributed by atoms with Crippen molar-refractivity contribution < 1.29 is 9.90 Å². The molecular formula is C15H10Cl2N4O2. The third-order valence-corrected chi connectivity index (χ3v) is 3.75. The predicted octanol–water partition coefficient (Wildman–Crippen LogP) is 3.28. The van der Waals surface area contributed by atoms with Crippen LogP contribution in [0.2, 0.25) is 10.0 Å². The van der Waals surface area contributed by atoms with Gasteiger partial charge in [-0.1, -0.05) is 29.3 Å². The Balaban J connectivity index is 2.05. The molecule has 0 radical (unpaired) electrons. The molecule has 23 heavy (non-hydrogen) atoms. The number of carboxylic acids is 1. The van der Waals surface area contributed by atoms with Gasteiger partial charge in [0.25, 0.3) is 0 Å². The summed E-state index contributed by atoms with van der Waals surface area (Å²) in [5, 5.41) is 14.2. The molecular weight excluding hydrogens is 339 g/mol. The summed E-state index contributed by atoms with van der Waals surface area (Å²) in [6, 6.07) is 5.22. The topological polar surface area (TPSA) is 80.9 Å². The van der Waals surface area contributed by atoms with Crippen molar-refractivity contribution in [1.29, 1.82) is 0 Å². The van der Waals surface area contributed by atoms with Gasteiger partial charge in [0.1, 0.15) is 23.1 Å². The number of carbonyl (C=O) groups is 1. The highest BCUT2D eigenvalue weighted by Gasteiger charge is 2.12. The molecule has 0 bridgehead atoms. The van der Waals surface area contributed by atoms with Crippen molar-refractivity contribution in [3.8, 4) is 0 Å². The van der Waals surface area contributed by atoms with Crippen LogP contribution in [0.5, 0.6) is 0 Å². The van der Waals surface area contributed by atoms with Crippen LogP contribution in [0.4, 0.5) is 0 Å². The lowest BCUT2D eigenvalue weighted by molar-refractivity contribution is -0.131. The first-order valence-electron chi connectivity index (χ1n) is 6.56. The van der Waals surface area contributed by atoms with Crippen molar-refractivity contribution in [3.05, 3.63) is 58.1 Å². The average molecular weight is 349 g/mol. The summed E-state index contributed by atoms with van der Waals surface area (Å²) in [5.74, 6) is -1.05. The Labute approximate surface area is 141 Å². The number of hydrogen-bond acceptors (Lipinski definition) is 4. The van der Waals surface area contributed by atoms with E-state index in [4.69, 9.17) is 28.3 Å². The smallest absolute Gasteiger partial charge is 0.328 e. The number of aliphatic carboxylic acids is 1. The Morgan fingerprint density at radius 2 is 2.17 bits per heavy atom. The van der Waals surface area contributed by atoms with Crippen LogP contribution in [0.3, 0.4) is 0 Å². The normalized spacial score (nSPS) is 11.4. The molecule has 0 amide bonds. The number of carboxylic acid groups (broad SMARTS) is 1. The Kier molecular flexibility index (Phi) is 4.27. The van der Waals surface area contributed by atoms with E-state index >= 15 is 0 Å². The molecule has 3 rings (SSSR count). The lowest BCUT2D eigenvalue weighted by Gasteiger charge is -2.06. The zero-order chi connectivity index (χ0) is 16.4. The molecule has 2 aromatic heterocycles. The van der Waals surface area contributed by atoms with Crippen LogP contribution in [0, 0.1) is 0 Å². The second kappa shape index (κ2) is 6.36. The Bertz CT molecular complexity index is 921. The Hall–Kier alpha value is -2.44. The van der Waals surface area contributed by atoms with E-state index in [2.05, 4.69) is 15.1 Å². The third-order valence-electron chi connectivity index (χ3n) is 3.16. The van der Waals surface area contributed by atoms with E-state index in [0.717, 1.165) is 11.6 Å². The molecule has 8 heteroatoms. The molecule has 6 nitrogen and oxygen atoms in total. The molecule has 116 valence electrons. The molecule has 0 saturated heterocycles. The molecule has 0 aliphatic carbocycles. The van der Waals surface area contributed by atoms with E-state index in [0.29, 0.717) is 33.3 Å². The van der Waals surface area contributed by atoms with Gasteiger partial charge in [-0.3, -0.25) is 4.68 Å². The van der Waals surface area contributed by atoms with E-state index in [1.807, 2.05) is 6.07 Å². The van der Waals surface area contributed by atoms with Crippen molar-refractivity contribution in [3.63, 3.8) is 0 Å². The number of rotatable bonds is 4. The highest BCUT2D eigenvalue weighted by molar-refractivity contribution is 6.35. The van der Waals surface area contributed by atoms with E-state index in [-0.39, 0.29) is 0 Å². The summed E-state index contributed by atoms with van der Waals surface area (Å²) >= 11 is 12.1. The fourth-order valence-corrected chi connectivity index (χ4v) is 2.60. The number of fused-ring (bicyclic) bond motifs is 1. The predicted molar refractivity (Wildman–Crippen MR) is 87.6 cm³/mol. The Morgan fingerprint density at radius 1 is 1.35 bits per heavy atom. The van der Waals surface area contributed by atoms with Crippen LogP contribution >= 0.6 is 23.2 Å². The van der Waals surface area contributed by atoms with E-state index in [1.54, 1.807) is 23.0 Å². The van der Waals surface area contributed by atoms with Crippen molar-refractivity contribution in [2.45, 2.75) is 6.54 Å². The monoisotopic (exact) mass is 348 g/mol. The second-order valence-corrected chi connectivity index (χ2v) is 5.55. The van der Waals surface area contributed by atoms with Gasteiger partial charge in [0.2, 0.25) is 0 Å². The molecule has 0 saturated carbocycles. The largest absolute Gasteiger partial charge is 0.478 e. The van der Waals surface area contributed by atoms with E-state index < -0.39 is 5.97 Å². The molecule has 0 aliphatic rings.